The summed E-state index contributed by atoms with van der Waals surface area (Å²) < 4.78 is 0. The van der Waals surface area contributed by atoms with Crippen LogP contribution in [-0.2, 0) is 9.59 Å². The van der Waals surface area contributed by atoms with Gasteiger partial charge < -0.3 is 10.6 Å². The predicted octanol–water partition coefficient (Wildman–Crippen LogP) is 2.26. The van der Waals surface area contributed by atoms with Crippen molar-refractivity contribution < 1.29 is 9.59 Å². The maximum absolute atomic E-state index is 12.6. The normalized spacial score (nSPS) is 10.9. The summed E-state index contributed by atoms with van der Waals surface area (Å²) in [5.74, 6) is 4.80. The van der Waals surface area contributed by atoms with E-state index < -0.39 is 17.9 Å². The van der Waals surface area contributed by atoms with Gasteiger partial charge in [-0.25, -0.2) is 0 Å². The Morgan fingerprint density at radius 2 is 1.65 bits per heavy atom. The summed E-state index contributed by atoms with van der Waals surface area (Å²) in [6.45, 7) is 0. The zero-order valence-electron chi connectivity index (χ0n) is 13.8. The number of benzene rings is 2. The number of carbonyl (C=O) groups is 2. The minimum absolute atomic E-state index is 0.393. The minimum Gasteiger partial charge on any atom is -0.329 e. The van der Waals surface area contributed by atoms with E-state index in [4.69, 9.17) is 0 Å². The summed E-state index contributed by atoms with van der Waals surface area (Å²) in [6, 6.07) is 18.9. The van der Waals surface area contributed by atoms with Crippen LogP contribution in [0.2, 0.25) is 0 Å². The summed E-state index contributed by atoms with van der Waals surface area (Å²) in [7, 11) is 0. The fourth-order valence-electron chi connectivity index (χ4n) is 2.29. The molecule has 0 bridgehead atoms. The van der Waals surface area contributed by atoms with Crippen LogP contribution in [0.1, 0.15) is 17.2 Å². The van der Waals surface area contributed by atoms with Crippen molar-refractivity contribution in [2.24, 2.45) is 0 Å². The maximum Gasteiger partial charge on any atom is 0.297 e. The molecule has 0 saturated heterocycles. The molecular weight excluding hydrogens is 328 g/mol. The number of H-pyrrole nitrogens is 1. The Kier molecular flexibility index (Phi) is 5.43. The minimum atomic E-state index is -0.878. The molecule has 26 heavy (non-hydrogen) atoms. The van der Waals surface area contributed by atoms with Crippen molar-refractivity contribution >= 4 is 17.6 Å². The van der Waals surface area contributed by atoms with Gasteiger partial charge in [0.05, 0.1) is 6.20 Å². The summed E-state index contributed by atoms with van der Waals surface area (Å²) in [4.78, 5) is 24.8. The van der Waals surface area contributed by atoms with Gasteiger partial charge >= 0.3 is 0 Å². The second-order valence-electron chi connectivity index (χ2n) is 5.39. The van der Waals surface area contributed by atoms with Crippen molar-refractivity contribution in [3.8, 4) is 11.8 Å². The summed E-state index contributed by atoms with van der Waals surface area (Å²) in [6.07, 6.45) is 1.52. The Labute approximate surface area is 150 Å². The molecule has 3 aromatic rings. The Morgan fingerprint density at radius 1 is 0.962 bits per heavy atom. The Balaban J connectivity index is 1.76. The zero-order chi connectivity index (χ0) is 18.2. The molecule has 1 heterocycles. The van der Waals surface area contributed by atoms with Gasteiger partial charge in [-0.05, 0) is 17.7 Å². The van der Waals surface area contributed by atoms with Crippen molar-refractivity contribution in [3.05, 3.63) is 84.1 Å². The molecule has 0 aliphatic carbocycles. The largest absolute Gasteiger partial charge is 0.329 e. The van der Waals surface area contributed by atoms with Crippen LogP contribution in [0.3, 0.4) is 0 Å². The van der Waals surface area contributed by atoms with Crippen LogP contribution in [-0.4, -0.2) is 22.0 Å². The van der Waals surface area contributed by atoms with E-state index in [1.54, 1.807) is 42.5 Å². The first kappa shape index (κ1) is 17.0. The summed E-state index contributed by atoms with van der Waals surface area (Å²) in [5.41, 5.74) is 1.38. The molecule has 3 N–H and O–H groups in total. The molecule has 0 spiro atoms. The van der Waals surface area contributed by atoms with E-state index in [0.717, 1.165) is 5.56 Å². The predicted molar refractivity (Wildman–Crippen MR) is 97.9 cm³/mol. The first-order valence-electron chi connectivity index (χ1n) is 7.95. The Bertz CT molecular complexity index is 926. The summed E-state index contributed by atoms with van der Waals surface area (Å²) >= 11 is 0. The topological polar surface area (TPSA) is 86.9 Å². The van der Waals surface area contributed by atoms with Crippen LogP contribution in [0.15, 0.2) is 72.9 Å². The average Bonchev–Trinajstić information content (AvgIpc) is 3.19. The lowest BCUT2D eigenvalue weighted by molar-refractivity contribution is -0.123. The Morgan fingerprint density at radius 3 is 2.31 bits per heavy atom. The molecule has 1 aromatic heterocycles. The second-order valence-corrected chi connectivity index (χ2v) is 5.39. The van der Waals surface area contributed by atoms with Crippen LogP contribution in [0, 0.1) is 11.8 Å². The van der Waals surface area contributed by atoms with E-state index in [1.165, 1.54) is 6.20 Å². The fourth-order valence-corrected chi connectivity index (χ4v) is 2.29. The van der Waals surface area contributed by atoms with Gasteiger partial charge in [0.15, 0.2) is 0 Å². The number of carbonyl (C=O) groups excluding carboxylic acids is 2. The second kappa shape index (κ2) is 8.31. The van der Waals surface area contributed by atoms with Crippen LogP contribution in [0.4, 0.5) is 5.82 Å². The number of aromatic amines is 1. The van der Waals surface area contributed by atoms with Gasteiger partial charge in [-0.1, -0.05) is 54.5 Å². The first-order chi connectivity index (χ1) is 12.7. The molecule has 0 unspecified atom stereocenters. The maximum atomic E-state index is 12.6. The standard InChI is InChI=1S/C20H16N4O2/c25-18(12-11-15-7-3-1-4-8-15)23-19(16-9-5-2-6-10-16)20(26)22-17-13-14-21-24-17/h1-10,13-14,19H,(H,23,25)(H2,21,22,24,26)/t19-/m1/s1. The molecule has 6 heteroatoms. The van der Waals surface area contributed by atoms with E-state index in [9.17, 15) is 9.59 Å². The highest BCUT2D eigenvalue weighted by Gasteiger charge is 2.22. The van der Waals surface area contributed by atoms with E-state index in [1.807, 2.05) is 24.3 Å². The van der Waals surface area contributed by atoms with Crippen LogP contribution < -0.4 is 10.6 Å². The number of aromatic nitrogens is 2. The fraction of sp³-hybridized carbons (Fsp3) is 0.0500. The van der Waals surface area contributed by atoms with Gasteiger partial charge in [0.1, 0.15) is 11.9 Å². The lowest BCUT2D eigenvalue weighted by atomic mass is 10.1. The van der Waals surface area contributed by atoms with E-state index in [2.05, 4.69) is 32.7 Å². The molecular formula is C20H16N4O2. The van der Waals surface area contributed by atoms with Crippen molar-refractivity contribution in [1.82, 2.24) is 15.5 Å². The van der Waals surface area contributed by atoms with Crippen molar-refractivity contribution in [3.63, 3.8) is 0 Å². The monoisotopic (exact) mass is 344 g/mol. The van der Waals surface area contributed by atoms with Crippen molar-refractivity contribution in [1.29, 1.82) is 0 Å². The molecule has 6 nitrogen and oxygen atoms in total. The number of hydrogen-bond acceptors (Lipinski definition) is 3. The van der Waals surface area contributed by atoms with Gasteiger partial charge in [-0.15, -0.1) is 0 Å². The number of nitrogens with one attached hydrogen (secondary N) is 3. The van der Waals surface area contributed by atoms with Gasteiger partial charge in [-0.3, -0.25) is 14.7 Å². The van der Waals surface area contributed by atoms with Crippen LogP contribution in [0.25, 0.3) is 0 Å². The Hall–Kier alpha value is -3.85. The molecule has 1 atom stereocenters. The number of amides is 2. The smallest absolute Gasteiger partial charge is 0.297 e. The lowest BCUT2D eigenvalue weighted by Gasteiger charge is -2.16. The number of hydrogen-bond donors (Lipinski definition) is 3. The zero-order valence-corrected chi connectivity index (χ0v) is 13.8. The molecule has 0 radical (unpaired) electrons. The average molecular weight is 344 g/mol. The van der Waals surface area contributed by atoms with Crippen molar-refractivity contribution in [2.75, 3.05) is 5.32 Å². The molecule has 0 aliphatic rings. The van der Waals surface area contributed by atoms with Gasteiger partial charge in [0.25, 0.3) is 11.8 Å². The van der Waals surface area contributed by atoms with Crippen LogP contribution >= 0.6 is 0 Å². The highest BCUT2D eigenvalue weighted by molar-refractivity contribution is 6.01. The quantitative estimate of drug-likeness (QED) is 0.635. The number of rotatable bonds is 4. The third-order valence-electron chi connectivity index (χ3n) is 3.52. The molecule has 0 aliphatic heterocycles. The molecule has 2 aromatic carbocycles. The van der Waals surface area contributed by atoms with Crippen LogP contribution in [0.5, 0.6) is 0 Å². The lowest BCUT2D eigenvalue weighted by Crippen LogP contribution is -2.36. The van der Waals surface area contributed by atoms with E-state index in [0.29, 0.717) is 11.4 Å². The van der Waals surface area contributed by atoms with Crippen molar-refractivity contribution in [2.45, 2.75) is 6.04 Å². The molecule has 0 fully saturated rings. The molecule has 3 rings (SSSR count). The highest BCUT2D eigenvalue weighted by atomic mass is 16.2. The van der Waals surface area contributed by atoms with E-state index in [-0.39, 0.29) is 0 Å². The summed E-state index contributed by atoms with van der Waals surface area (Å²) in [5, 5.41) is 11.8. The first-order valence-corrected chi connectivity index (χ1v) is 7.95. The molecule has 128 valence electrons. The highest BCUT2D eigenvalue weighted by Crippen LogP contribution is 2.15. The third kappa shape index (κ3) is 4.58. The third-order valence-corrected chi connectivity index (χ3v) is 3.52. The van der Waals surface area contributed by atoms with Gasteiger partial charge in [-0.2, -0.15) is 5.10 Å². The molecule has 0 saturated carbocycles. The van der Waals surface area contributed by atoms with Gasteiger partial charge in [0, 0.05) is 17.6 Å². The van der Waals surface area contributed by atoms with Gasteiger partial charge in [0.2, 0.25) is 0 Å². The SMILES string of the molecule is O=C(C#Cc1ccccc1)N[C@@H](C(=O)Nc1ccn[nH]1)c1ccccc1. The van der Waals surface area contributed by atoms with E-state index >= 15 is 0 Å². The number of nitrogens with zero attached hydrogens (tertiary/aromatic N) is 1. The molecule has 2 amide bonds. The number of anilines is 1.